The second kappa shape index (κ2) is 5.19. The summed E-state index contributed by atoms with van der Waals surface area (Å²) in [6.45, 7) is 0. The zero-order valence-electron chi connectivity index (χ0n) is 9.43. The predicted octanol–water partition coefficient (Wildman–Crippen LogP) is 3.22. The molecule has 1 aromatic heterocycles. The average molecular weight is 327 g/mol. The van der Waals surface area contributed by atoms with Crippen LogP contribution in [0.3, 0.4) is 0 Å². The van der Waals surface area contributed by atoms with E-state index in [1.54, 1.807) is 6.07 Å². The third-order valence-electron chi connectivity index (χ3n) is 2.30. The fourth-order valence-corrected chi connectivity index (χ4v) is 1.88. The van der Waals surface area contributed by atoms with Crippen molar-refractivity contribution in [1.82, 2.24) is 4.98 Å². The van der Waals surface area contributed by atoms with Crippen LogP contribution >= 0.6 is 15.9 Å². The molecule has 1 aromatic carbocycles. The summed E-state index contributed by atoms with van der Waals surface area (Å²) in [4.78, 5) is 14.1. The number of hydrogen-bond acceptors (Lipinski definition) is 5. The van der Waals surface area contributed by atoms with E-state index >= 15 is 0 Å². The molecule has 1 heterocycles. The van der Waals surface area contributed by atoms with Gasteiger partial charge in [-0.05, 0) is 34.1 Å². The summed E-state index contributed by atoms with van der Waals surface area (Å²) in [6.07, 6.45) is 0. The second-order valence-electron chi connectivity index (χ2n) is 3.58. The van der Waals surface area contributed by atoms with Crippen LogP contribution in [0.4, 0.5) is 27.4 Å². The Labute approximate surface area is 115 Å². The first-order chi connectivity index (χ1) is 8.99. The minimum atomic E-state index is -0.622. The number of nitrogen functional groups attached to an aromatic ring is 1. The highest BCUT2D eigenvalue weighted by molar-refractivity contribution is 9.10. The summed E-state index contributed by atoms with van der Waals surface area (Å²) in [5.41, 5.74) is 5.25. The Morgan fingerprint density at radius 2 is 2.11 bits per heavy atom. The van der Waals surface area contributed by atoms with Crippen molar-refractivity contribution >= 4 is 38.9 Å². The van der Waals surface area contributed by atoms with Crippen molar-refractivity contribution in [1.29, 1.82) is 0 Å². The molecule has 2 rings (SSSR count). The molecule has 0 aliphatic heterocycles. The van der Waals surface area contributed by atoms with E-state index in [0.29, 0.717) is 4.47 Å². The lowest BCUT2D eigenvalue weighted by Gasteiger charge is -2.09. The molecule has 3 N–H and O–H groups in total. The average Bonchev–Trinajstić information content (AvgIpc) is 2.33. The van der Waals surface area contributed by atoms with Crippen LogP contribution < -0.4 is 11.1 Å². The van der Waals surface area contributed by atoms with Crippen molar-refractivity contribution in [2.75, 3.05) is 11.1 Å². The Kier molecular flexibility index (Phi) is 3.61. The highest BCUT2D eigenvalue weighted by Gasteiger charge is 2.18. The topological polar surface area (TPSA) is 94.1 Å². The number of rotatable bonds is 3. The van der Waals surface area contributed by atoms with Gasteiger partial charge >= 0.3 is 5.69 Å². The van der Waals surface area contributed by atoms with Crippen LogP contribution in [0.25, 0.3) is 0 Å². The summed E-state index contributed by atoms with van der Waals surface area (Å²) in [6, 6.07) is 6.85. The Hall–Kier alpha value is -2.22. The number of halogens is 2. The summed E-state index contributed by atoms with van der Waals surface area (Å²) >= 11 is 3.15. The molecule has 2 aromatic rings. The van der Waals surface area contributed by atoms with Crippen molar-refractivity contribution in [3.05, 3.63) is 50.7 Å². The molecule has 6 nitrogen and oxygen atoms in total. The van der Waals surface area contributed by atoms with E-state index in [9.17, 15) is 14.5 Å². The van der Waals surface area contributed by atoms with E-state index < -0.39 is 10.7 Å². The van der Waals surface area contributed by atoms with Gasteiger partial charge in [-0.1, -0.05) is 6.07 Å². The number of nitrogens with two attached hydrogens (primary N) is 1. The molecule has 0 amide bonds. The van der Waals surface area contributed by atoms with Crippen LogP contribution in [-0.2, 0) is 0 Å². The highest BCUT2D eigenvalue weighted by Crippen LogP contribution is 2.32. The number of aromatic nitrogens is 1. The van der Waals surface area contributed by atoms with Crippen molar-refractivity contribution < 1.29 is 9.31 Å². The molecule has 0 atom stereocenters. The van der Waals surface area contributed by atoms with Gasteiger partial charge in [0.25, 0.3) is 0 Å². The molecular weight excluding hydrogens is 319 g/mol. The molecule has 0 saturated carbocycles. The zero-order valence-corrected chi connectivity index (χ0v) is 11.0. The molecular formula is C11H8BrFN4O2. The monoisotopic (exact) mass is 326 g/mol. The maximum absolute atomic E-state index is 13.6. The predicted molar refractivity (Wildman–Crippen MR) is 72.7 cm³/mol. The number of para-hydroxylation sites is 1. The van der Waals surface area contributed by atoms with Gasteiger partial charge in [0.1, 0.15) is 11.6 Å². The second-order valence-corrected chi connectivity index (χ2v) is 4.44. The lowest BCUT2D eigenvalue weighted by Crippen LogP contribution is -2.03. The van der Waals surface area contributed by atoms with E-state index in [4.69, 9.17) is 5.73 Å². The number of benzene rings is 1. The van der Waals surface area contributed by atoms with Gasteiger partial charge in [0.05, 0.1) is 10.6 Å². The number of pyridine rings is 1. The minimum Gasteiger partial charge on any atom is -0.384 e. The first-order valence-electron chi connectivity index (χ1n) is 5.11. The molecule has 8 heteroatoms. The Morgan fingerprint density at radius 3 is 2.74 bits per heavy atom. The molecule has 98 valence electrons. The lowest BCUT2D eigenvalue weighted by molar-refractivity contribution is -0.384. The third kappa shape index (κ3) is 2.79. The van der Waals surface area contributed by atoms with Gasteiger partial charge in [0.15, 0.2) is 0 Å². The molecule has 0 saturated heterocycles. The Morgan fingerprint density at radius 1 is 1.37 bits per heavy atom. The highest BCUT2D eigenvalue weighted by atomic mass is 79.9. The largest absolute Gasteiger partial charge is 0.384 e. The maximum Gasteiger partial charge on any atom is 0.311 e. The SMILES string of the molecule is Nc1ccc([N+](=O)[O-])c(Nc2c(F)cccc2Br)n1. The van der Waals surface area contributed by atoms with Crippen LogP contribution in [0.2, 0.25) is 0 Å². The van der Waals surface area contributed by atoms with Crippen molar-refractivity contribution in [2.45, 2.75) is 0 Å². The summed E-state index contributed by atoms with van der Waals surface area (Å²) in [7, 11) is 0. The van der Waals surface area contributed by atoms with Gasteiger partial charge in [0.2, 0.25) is 5.82 Å². The van der Waals surface area contributed by atoms with Gasteiger partial charge in [-0.3, -0.25) is 10.1 Å². The number of anilines is 3. The Balaban J connectivity index is 2.49. The summed E-state index contributed by atoms with van der Waals surface area (Å²) in [5.74, 6) is -0.579. The molecule has 0 aliphatic carbocycles. The van der Waals surface area contributed by atoms with Crippen molar-refractivity contribution in [3.8, 4) is 0 Å². The number of nitrogens with zero attached hydrogens (tertiary/aromatic N) is 2. The number of nitro groups is 1. The fraction of sp³-hybridized carbons (Fsp3) is 0. The minimum absolute atomic E-state index is 0.0590. The van der Waals surface area contributed by atoms with Crippen molar-refractivity contribution in [2.24, 2.45) is 0 Å². The molecule has 0 radical (unpaired) electrons. The molecule has 0 fully saturated rings. The normalized spacial score (nSPS) is 10.2. The number of hydrogen-bond donors (Lipinski definition) is 2. The summed E-state index contributed by atoms with van der Waals surface area (Å²) < 4.78 is 14.1. The Bertz CT molecular complexity index is 630. The molecule has 0 bridgehead atoms. The third-order valence-corrected chi connectivity index (χ3v) is 2.96. The quantitative estimate of drug-likeness (QED) is 0.667. The number of nitrogens with one attached hydrogen (secondary N) is 1. The first-order valence-corrected chi connectivity index (χ1v) is 5.90. The van der Waals surface area contributed by atoms with Crippen molar-refractivity contribution in [3.63, 3.8) is 0 Å². The van der Waals surface area contributed by atoms with Crippen LogP contribution in [0.5, 0.6) is 0 Å². The zero-order chi connectivity index (χ0) is 14.0. The lowest BCUT2D eigenvalue weighted by atomic mass is 10.3. The van der Waals surface area contributed by atoms with Crippen LogP contribution in [-0.4, -0.2) is 9.91 Å². The standard InChI is InChI=1S/C11H8BrFN4O2/c12-6-2-1-3-7(13)10(6)16-11-8(17(18)19)4-5-9(14)15-11/h1-5H,(H3,14,15,16). The van der Waals surface area contributed by atoms with Crippen LogP contribution in [0.15, 0.2) is 34.8 Å². The van der Waals surface area contributed by atoms with Gasteiger partial charge in [-0.15, -0.1) is 0 Å². The maximum atomic E-state index is 13.6. The fourth-order valence-electron chi connectivity index (χ4n) is 1.44. The van der Waals surface area contributed by atoms with E-state index in [2.05, 4.69) is 26.2 Å². The van der Waals surface area contributed by atoms with Crippen LogP contribution in [0, 0.1) is 15.9 Å². The van der Waals surface area contributed by atoms with Gasteiger partial charge < -0.3 is 11.1 Å². The summed E-state index contributed by atoms with van der Waals surface area (Å²) in [5, 5.41) is 13.4. The van der Waals surface area contributed by atoms with E-state index in [1.807, 2.05) is 0 Å². The van der Waals surface area contributed by atoms with Gasteiger partial charge in [-0.25, -0.2) is 9.37 Å². The first kappa shape index (κ1) is 13.2. The molecule has 0 aliphatic rings. The molecule has 0 unspecified atom stereocenters. The smallest absolute Gasteiger partial charge is 0.311 e. The molecule has 0 spiro atoms. The van der Waals surface area contributed by atoms with Crippen LogP contribution in [0.1, 0.15) is 0 Å². The van der Waals surface area contributed by atoms with E-state index in [0.717, 1.165) is 0 Å². The van der Waals surface area contributed by atoms with E-state index in [1.165, 1.54) is 24.3 Å². The van der Waals surface area contributed by atoms with Gasteiger partial charge in [0, 0.05) is 10.5 Å². The van der Waals surface area contributed by atoms with E-state index in [-0.39, 0.29) is 23.0 Å². The van der Waals surface area contributed by atoms with Gasteiger partial charge in [-0.2, -0.15) is 0 Å². The molecule has 19 heavy (non-hydrogen) atoms.